The molecule has 17 heavy (non-hydrogen) atoms. The van der Waals surface area contributed by atoms with Crippen molar-refractivity contribution in [2.24, 2.45) is 5.92 Å². The van der Waals surface area contributed by atoms with Gasteiger partial charge >= 0.3 is 0 Å². The summed E-state index contributed by atoms with van der Waals surface area (Å²) in [5.41, 5.74) is 0.931. The van der Waals surface area contributed by atoms with Gasteiger partial charge in [-0.15, -0.1) is 0 Å². The number of pyridine rings is 1. The van der Waals surface area contributed by atoms with Crippen LogP contribution in [-0.4, -0.2) is 28.1 Å². The summed E-state index contributed by atoms with van der Waals surface area (Å²) in [5, 5.41) is 0. The maximum atomic E-state index is 11.9. The third-order valence-corrected chi connectivity index (χ3v) is 2.57. The highest BCUT2D eigenvalue weighted by molar-refractivity contribution is 7.80. The molecular formula is C13H20N2OS. The smallest absolute Gasteiger partial charge is 0.223 e. The van der Waals surface area contributed by atoms with Gasteiger partial charge < -0.3 is 4.90 Å². The van der Waals surface area contributed by atoms with Gasteiger partial charge in [-0.25, -0.2) is 0 Å². The summed E-state index contributed by atoms with van der Waals surface area (Å²) in [7, 11) is 0. The first kappa shape index (κ1) is 14.0. The molecule has 1 heterocycles. The fourth-order valence-corrected chi connectivity index (χ4v) is 1.83. The van der Waals surface area contributed by atoms with Gasteiger partial charge in [-0.05, 0) is 23.8 Å². The first-order valence-electron chi connectivity index (χ1n) is 5.92. The highest BCUT2D eigenvalue weighted by Crippen LogP contribution is 2.07. The van der Waals surface area contributed by atoms with Crippen molar-refractivity contribution >= 4 is 18.5 Å². The van der Waals surface area contributed by atoms with Gasteiger partial charge in [0.1, 0.15) is 0 Å². The molecule has 4 heteroatoms. The largest absolute Gasteiger partial charge is 0.337 e. The number of amides is 1. The molecule has 0 aromatic carbocycles. The standard InChI is InChI=1S/C13H20N2OS/c1-11(2)9-15(13(16)6-8-17)10-12-5-3-4-7-14-12/h3-5,7,11,17H,6,8-10H2,1-2H3. The van der Waals surface area contributed by atoms with Crippen LogP contribution in [0.3, 0.4) is 0 Å². The molecule has 0 bridgehead atoms. The van der Waals surface area contributed by atoms with Crippen LogP contribution in [-0.2, 0) is 11.3 Å². The molecule has 94 valence electrons. The molecule has 1 aromatic heterocycles. The lowest BCUT2D eigenvalue weighted by atomic mass is 10.2. The zero-order valence-corrected chi connectivity index (χ0v) is 11.4. The van der Waals surface area contributed by atoms with E-state index in [1.807, 2.05) is 23.1 Å². The van der Waals surface area contributed by atoms with E-state index in [2.05, 4.69) is 31.5 Å². The maximum absolute atomic E-state index is 11.9. The molecule has 0 atom stereocenters. The molecule has 0 N–H and O–H groups in total. The molecule has 0 aliphatic rings. The van der Waals surface area contributed by atoms with E-state index in [1.54, 1.807) is 6.20 Å². The summed E-state index contributed by atoms with van der Waals surface area (Å²) in [6.45, 7) is 5.58. The zero-order valence-electron chi connectivity index (χ0n) is 10.5. The molecule has 0 saturated heterocycles. The average Bonchev–Trinajstić information content (AvgIpc) is 2.29. The third kappa shape index (κ3) is 5.22. The minimum atomic E-state index is 0.152. The van der Waals surface area contributed by atoms with Crippen LogP contribution in [0, 0.1) is 5.92 Å². The van der Waals surface area contributed by atoms with E-state index in [4.69, 9.17) is 0 Å². The van der Waals surface area contributed by atoms with E-state index in [0.717, 1.165) is 12.2 Å². The number of hydrogen-bond donors (Lipinski definition) is 1. The molecule has 1 rings (SSSR count). The molecule has 3 nitrogen and oxygen atoms in total. The lowest BCUT2D eigenvalue weighted by Gasteiger charge is -2.24. The van der Waals surface area contributed by atoms with E-state index < -0.39 is 0 Å². The summed E-state index contributed by atoms with van der Waals surface area (Å²) in [6, 6.07) is 5.77. The van der Waals surface area contributed by atoms with Crippen molar-refractivity contribution in [1.29, 1.82) is 0 Å². The quantitative estimate of drug-likeness (QED) is 0.789. The van der Waals surface area contributed by atoms with Crippen LogP contribution in [0.15, 0.2) is 24.4 Å². The van der Waals surface area contributed by atoms with Crippen molar-refractivity contribution in [2.75, 3.05) is 12.3 Å². The number of nitrogens with zero attached hydrogens (tertiary/aromatic N) is 2. The highest BCUT2D eigenvalue weighted by Gasteiger charge is 2.14. The molecule has 1 aromatic rings. The highest BCUT2D eigenvalue weighted by atomic mass is 32.1. The van der Waals surface area contributed by atoms with Crippen molar-refractivity contribution in [3.63, 3.8) is 0 Å². The summed E-state index contributed by atoms with van der Waals surface area (Å²) in [6.07, 6.45) is 2.24. The number of carbonyl (C=O) groups excluding carboxylic acids is 1. The Balaban J connectivity index is 2.66. The van der Waals surface area contributed by atoms with E-state index in [-0.39, 0.29) is 5.91 Å². The van der Waals surface area contributed by atoms with Gasteiger partial charge in [-0.3, -0.25) is 9.78 Å². The lowest BCUT2D eigenvalue weighted by Crippen LogP contribution is -2.34. The van der Waals surface area contributed by atoms with Crippen molar-refractivity contribution in [3.8, 4) is 0 Å². The Labute approximate surface area is 109 Å². The third-order valence-electron chi connectivity index (χ3n) is 2.34. The average molecular weight is 252 g/mol. The van der Waals surface area contributed by atoms with Crippen LogP contribution >= 0.6 is 12.6 Å². The Morgan fingerprint density at radius 1 is 1.47 bits per heavy atom. The van der Waals surface area contributed by atoms with Crippen LogP contribution in [0.4, 0.5) is 0 Å². The first-order valence-corrected chi connectivity index (χ1v) is 6.55. The first-order chi connectivity index (χ1) is 8.13. The van der Waals surface area contributed by atoms with E-state index in [1.165, 1.54) is 0 Å². The van der Waals surface area contributed by atoms with Crippen LogP contribution in [0.25, 0.3) is 0 Å². The topological polar surface area (TPSA) is 33.2 Å². The van der Waals surface area contributed by atoms with Crippen molar-refractivity contribution < 1.29 is 4.79 Å². The number of rotatable bonds is 6. The zero-order chi connectivity index (χ0) is 12.7. The fourth-order valence-electron chi connectivity index (χ4n) is 1.64. The Hall–Kier alpha value is -1.03. The fraction of sp³-hybridized carbons (Fsp3) is 0.538. The number of hydrogen-bond acceptors (Lipinski definition) is 3. The molecule has 0 fully saturated rings. The Morgan fingerprint density at radius 2 is 2.24 bits per heavy atom. The minimum absolute atomic E-state index is 0.152. The summed E-state index contributed by atoms with van der Waals surface area (Å²) in [4.78, 5) is 18.1. The molecule has 1 amide bonds. The maximum Gasteiger partial charge on any atom is 0.223 e. The molecule has 0 saturated carbocycles. The number of aromatic nitrogens is 1. The summed E-state index contributed by atoms with van der Waals surface area (Å²) in [5.74, 6) is 1.21. The second-order valence-corrected chi connectivity index (χ2v) is 4.91. The minimum Gasteiger partial charge on any atom is -0.337 e. The number of thiol groups is 1. The van der Waals surface area contributed by atoms with Crippen molar-refractivity contribution in [1.82, 2.24) is 9.88 Å². The van der Waals surface area contributed by atoms with Crippen LogP contribution in [0.2, 0.25) is 0 Å². The lowest BCUT2D eigenvalue weighted by molar-refractivity contribution is -0.131. The van der Waals surface area contributed by atoms with E-state index in [9.17, 15) is 4.79 Å². The Morgan fingerprint density at radius 3 is 2.76 bits per heavy atom. The summed E-state index contributed by atoms with van der Waals surface area (Å²) < 4.78 is 0. The van der Waals surface area contributed by atoms with Gasteiger partial charge in [0.05, 0.1) is 12.2 Å². The van der Waals surface area contributed by atoms with Crippen LogP contribution in [0.1, 0.15) is 26.0 Å². The van der Waals surface area contributed by atoms with Gasteiger partial charge in [0.15, 0.2) is 0 Å². The van der Waals surface area contributed by atoms with Gasteiger partial charge in [0.2, 0.25) is 5.91 Å². The Bertz CT molecular complexity index is 341. The van der Waals surface area contributed by atoms with Gasteiger partial charge in [0, 0.05) is 19.2 Å². The second-order valence-electron chi connectivity index (χ2n) is 4.46. The normalized spacial score (nSPS) is 10.6. The van der Waals surface area contributed by atoms with Gasteiger partial charge in [-0.1, -0.05) is 19.9 Å². The monoisotopic (exact) mass is 252 g/mol. The summed E-state index contributed by atoms with van der Waals surface area (Å²) >= 11 is 4.11. The molecule has 0 aliphatic carbocycles. The molecular weight excluding hydrogens is 232 g/mol. The molecule has 0 radical (unpaired) electrons. The van der Waals surface area contributed by atoms with Crippen LogP contribution in [0.5, 0.6) is 0 Å². The molecule has 0 spiro atoms. The molecule has 0 aliphatic heterocycles. The number of carbonyl (C=O) groups is 1. The van der Waals surface area contributed by atoms with E-state index in [0.29, 0.717) is 24.6 Å². The van der Waals surface area contributed by atoms with E-state index >= 15 is 0 Å². The van der Waals surface area contributed by atoms with Crippen molar-refractivity contribution in [2.45, 2.75) is 26.8 Å². The molecule has 0 unspecified atom stereocenters. The SMILES string of the molecule is CC(C)CN(Cc1ccccn1)C(=O)CCS. The van der Waals surface area contributed by atoms with Crippen molar-refractivity contribution in [3.05, 3.63) is 30.1 Å². The second kappa shape index (κ2) is 7.33. The van der Waals surface area contributed by atoms with Gasteiger partial charge in [0.25, 0.3) is 0 Å². The predicted octanol–water partition coefficient (Wildman–Crippen LogP) is 2.39. The predicted molar refractivity (Wildman–Crippen MR) is 73.0 cm³/mol. The Kier molecular flexibility index (Phi) is 6.05. The van der Waals surface area contributed by atoms with Crippen LogP contribution < -0.4 is 0 Å². The van der Waals surface area contributed by atoms with Gasteiger partial charge in [-0.2, -0.15) is 12.6 Å².